The maximum atomic E-state index is 12.7. The summed E-state index contributed by atoms with van der Waals surface area (Å²) in [6, 6.07) is 5.50. The minimum absolute atomic E-state index is 0.303. The summed E-state index contributed by atoms with van der Waals surface area (Å²) in [5.41, 5.74) is 2.27. The first kappa shape index (κ1) is 16.6. The van der Waals surface area contributed by atoms with E-state index in [1.165, 1.54) is 5.56 Å². The minimum atomic E-state index is -3.48. The van der Waals surface area contributed by atoms with E-state index in [1.54, 1.807) is 6.07 Å². The Balaban J connectivity index is 1.46. The lowest BCUT2D eigenvalue weighted by molar-refractivity contribution is 0.363. The van der Waals surface area contributed by atoms with Gasteiger partial charge in [0.15, 0.2) is 0 Å². The average molecular weight is 360 g/mol. The first-order chi connectivity index (χ1) is 12.0. The molecule has 1 aromatic heterocycles. The van der Waals surface area contributed by atoms with Gasteiger partial charge in [0, 0.05) is 51.2 Å². The molecule has 0 radical (unpaired) electrons. The number of aromatic nitrogens is 2. The first-order valence-corrected chi connectivity index (χ1v) is 10.3. The smallest absolute Gasteiger partial charge is 0.240 e. The van der Waals surface area contributed by atoms with Crippen LogP contribution in [-0.2, 0) is 29.4 Å². The van der Waals surface area contributed by atoms with Gasteiger partial charge in [0.1, 0.15) is 5.82 Å². The van der Waals surface area contributed by atoms with Crippen molar-refractivity contribution in [3.8, 4) is 0 Å². The summed E-state index contributed by atoms with van der Waals surface area (Å²) in [5, 5.41) is 0. The third-order valence-corrected chi connectivity index (χ3v) is 6.73. The molecule has 6 nitrogen and oxygen atoms in total. The van der Waals surface area contributed by atoms with E-state index in [0.29, 0.717) is 17.4 Å². The fourth-order valence-electron chi connectivity index (χ4n) is 3.82. The molecule has 4 rings (SSSR count). The average Bonchev–Trinajstić information content (AvgIpc) is 3.08. The van der Waals surface area contributed by atoms with Crippen molar-refractivity contribution in [3.05, 3.63) is 42.0 Å². The van der Waals surface area contributed by atoms with Crippen LogP contribution in [-0.4, -0.2) is 38.1 Å². The van der Waals surface area contributed by atoms with Crippen LogP contribution in [0.1, 0.15) is 24.2 Å². The van der Waals surface area contributed by atoms with E-state index in [9.17, 15) is 8.42 Å². The normalized spacial score (nSPS) is 20.2. The van der Waals surface area contributed by atoms with Gasteiger partial charge in [0.05, 0.1) is 4.90 Å². The van der Waals surface area contributed by atoms with Gasteiger partial charge in [-0.15, -0.1) is 0 Å². The van der Waals surface area contributed by atoms with Crippen LogP contribution in [0.3, 0.4) is 0 Å². The quantitative estimate of drug-likeness (QED) is 0.903. The summed E-state index contributed by atoms with van der Waals surface area (Å²) in [4.78, 5) is 6.81. The van der Waals surface area contributed by atoms with Crippen LogP contribution in [0.2, 0.25) is 0 Å². The van der Waals surface area contributed by atoms with Gasteiger partial charge in [0.25, 0.3) is 0 Å². The molecule has 2 aliphatic heterocycles. The predicted octanol–water partition coefficient (Wildman–Crippen LogP) is 1.81. The lowest BCUT2D eigenvalue weighted by Crippen LogP contribution is -2.34. The Morgan fingerprint density at radius 1 is 1.32 bits per heavy atom. The number of nitrogens with one attached hydrogen (secondary N) is 1. The Bertz CT molecular complexity index is 875. The zero-order valence-electron chi connectivity index (χ0n) is 14.5. The topological polar surface area (TPSA) is 67.2 Å². The van der Waals surface area contributed by atoms with Gasteiger partial charge >= 0.3 is 0 Å². The van der Waals surface area contributed by atoms with Crippen LogP contribution < -0.4 is 9.62 Å². The number of sulfonamides is 1. The molecule has 25 heavy (non-hydrogen) atoms. The molecule has 7 heteroatoms. The number of fused-ring (bicyclic) bond motifs is 2. The van der Waals surface area contributed by atoms with Crippen LogP contribution in [0.25, 0.3) is 0 Å². The number of nitrogens with zero attached hydrogens (tertiary/aromatic N) is 3. The SMILES string of the molecule is CN1CCCc2ccc(S(=O)(=O)NC[C@@H]3CCc4nccn4C3)cc21. The molecule has 2 aliphatic rings. The number of hydrogen-bond acceptors (Lipinski definition) is 4. The van der Waals surface area contributed by atoms with Gasteiger partial charge in [-0.05, 0) is 42.9 Å². The summed E-state index contributed by atoms with van der Waals surface area (Å²) >= 11 is 0. The van der Waals surface area contributed by atoms with Crippen molar-refractivity contribution in [2.45, 2.75) is 37.1 Å². The highest BCUT2D eigenvalue weighted by atomic mass is 32.2. The fourth-order valence-corrected chi connectivity index (χ4v) is 4.96. The number of imidazole rings is 1. The van der Waals surface area contributed by atoms with Crippen molar-refractivity contribution in [1.82, 2.24) is 14.3 Å². The van der Waals surface area contributed by atoms with Gasteiger partial charge in [-0.2, -0.15) is 0 Å². The Labute approximate surface area is 148 Å². The van der Waals surface area contributed by atoms with E-state index in [0.717, 1.165) is 50.3 Å². The van der Waals surface area contributed by atoms with Crippen molar-refractivity contribution in [2.75, 3.05) is 25.0 Å². The molecule has 0 saturated heterocycles. The third kappa shape index (κ3) is 3.30. The Morgan fingerprint density at radius 2 is 2.20 bits per heavy atom. The highest BCUT2D eigenvalue weighted by molar-refractivity contribution is 7.89. The number of aryl methyl sites for hydroxylation is 2. The zero-order valence-corrected chi connectivity index (χ0v) is 15.3. The van der Waals surface area contributed by atoms with Gasteiger partial charge in [-0.1, -0.05) is 6.07 Å². The zero-order chi connectivity index (χ0) is 17.4. The lowest BCUT2D eigenvalue weighted by atomic mass is 10.00. The summed E-state index contributed by atoms with van der Waals surface area (Å²) in [6.07, 6.45) is 7.78. The second kappa shape index (κ2) is 6.46. The van der Waals surface area contributed by atoms with Crippen LogP contribution in [0, 0.1) is 5.92 Å². The maximum Gasteiger partial charge on any atom is 0.240 e. The van der Waals surface area contributed by atoms with Crippen LogP contribution in [0.4, 0.5) is 5.69 Å². The fraction of sp³-hybridized carbons (Fsp3) is 0.500. The van der Waals surface area contributed by atoms with Crippen molar-refractivity contribution >= 4 is 15.7 Å². The predicted molar refractivity (Wildman–Crippen MR) is 97.3 cm³/mol. The molecule has 0 unspecified atom stereocenters. The Morgan fingerprint density at radius 3 is 3.08 bits per heavy atom. The summed E-state index contributed by atoms with van der Waals surface area (Å²) < 4.78 is 30.4. The van der Waals surface area contributed by atoms with Crippen molar-refractivity contribution in [1.29, 1.82) is 0 Å². The molecule has 1 N–H and O–H groups in total. The summed E-state index contributed by atoms with van der Waals surface area (Å²) in [5.74, 6) is 1.40. The Hall–Kier alpha value is -1.86. The third-order valence-electron chi connectivity index (χ3n) is 5.31. The van der Waals surface area contributed by atoms with Crippen LogP contribution >= 0.6 is 0 Å². The van der Waals surface area contributed by atoms with Gasteiger partial charge < -0.3 is 9.47 Å². The van der Waals surface area contributed by atoms with Gasteiger partial charge in [-0.3, -0.25) is 0 Å². The molecule has 0 fully saturated rings. The van der Waals surface area contributed by atoms with Gasteiger partial charge in [0.2, 0.25) is 10.0 Å². The molecule has 0 aliphatic carbocycles. The van der Waals surface area contributed by atoms with Gasteiger partial charge in [-0.25, -0.2) is 18.1 Å². The van der Waals surface area contributed by atoms with Crippen molar-refractivity contribution in [3.63, 3.8) is 0 Å². The van der Waals surface area contributed by atoms with E-state index >= 15 is 0 Å². The van der Waals surface area contributed by atoms with Crippen LogP contribution in [0.5, 0.6) is 0 Å². The highest BCUT2D eigenvalue weighted by Crippen LogP contribution is 2.28. The van der Waals surface area contributed by atoms with Crippen molar-refractivity contribution in [2.24, 2.45) is 5.92 Å². The van der Waals surface area contributed by atoms with E-state index in [2.05, 4.69) is 19.2 Å². The maximum absolute atomic E-state index is 12.7. The first-order valence-electron chi connectivity index (χ1n) is 8.87. The van der Waals surface area contributed by atoms with E-state index < -0.39 is 10.0 Å². The summed E-state index contributed by atoms with van der Waals surface area (Å²) in [6.45, 7) is 2.26. The molecule has 0 spiro atoms. The second-order valence-electron chi connectivity index (χ2n) is 7.07. The molecular formula is C18H24N4O2S. The highest BCUT2D eigenvalue weighted by Gasteiger charge is 2.23. The molecule has 3 heterocycles. The number of rotatable bonds is 4. The summed E-state index contributed by atoms with van der Waals surface area (Å²) in [7, 11) is -1.46. The molecule has 0 amide bonds. The molecule has 1 atom stereocenters. The van der Waals surface area contributed by atoms with Crippen LogP contribution in [0.15, 0.2) is 35.5 Å². The standard InChI is InChI=1S/C18H24N4O2S/c1-21-9-2-3-15-5-6-16(11-17(15)21)25(23,24)20-12-14-4-7-18-19-8-10-22(18)13-14/h5-6,8,10-11,14,20H,2-4,7,9,12-13H2,1H3/t14-/m0/s1. The number of anilines is 1. The van der Waals surface area contributed by atoms with E-state index in [1.807, 2.05) is 31.6 Å². The molecule has 1 aromatic carbocycles. The van der Waals surface area contributed by atoms with E-state index in [4.69, 9.17) is 0 Å². The minimum Gasteiger partial charge on any atom is -0.374 e. The molecular weight excluding hydrogens is 336 g/mol. The Kier molecular flexibility index (Phi) is 4.29. The second-order valence-corrected chi connectivity index (χ2v) is 8.84. The molecule has 134 valence electrons. The van der Waals surface area contributed by atoms with E-state index in [-0.39, 0.29) is 0 Å². The lowest BCUT2D eigenvalue weighted by Gasteiger charge is -2.28. The largest absolute Gasteiger partial charge is 0.374 e. The molecule has 0 saturated carbocycles. The van der Waals surface area contributed by atoms with Crippen molar-refractivity contribution < 1.29 is 8.42 Å². The number of benzene rings is 1. The molecule has 2 aromatic rings. The monoisotopic (exact) mass is 360 g/mol. The number of hydrogen-bond donors (Lipinski definition) is 1. The molecule has 0 bridgehead atoms.